The highest BCUT2D eigenvalue weighted by molar-refractivity contribution is 8.04. The van der Waals surface area contributed by atoms with Crippen LogP contribution in [0.4, 0.5) is 0 Å². The molecule has 7 heteroatoms. The van der Waals surface area contributed by atoms with Crippen LogP contribution >= 0.6 is 11.8 Å². The Morgan fingerprint density at radius 1 is 1.47 bits per heavy atom. The van der Waals surface area contributed by atoms with Crippen LogP contribution in [0.1, 0.15) is 6.92 Å². The zero-order valence-corrected chi connectivity index (χ0v) is 11.9. The largest absolute Gasteiger partial charge is 0.755 e. The molecule has 1 saturated heterocycles. The van der Waals surface area contributed by atoms with Crippen LogP contribution < -0.4 is 0 Å². The van der Waals surface area contributed by atoms with Crippen molar-refractivity contribution < 1.29 is 18.7 Å². The molecule has 0 bridgehead atoms. The minimum Gasteiger partial charge on any atom is -0.755 e. The first kappa shape index (κ1) is 15.7. The van der Waals surface area contributed by atoms with Gasteiger partial charge in [-0.2, -0.15) is 0 Å². The van der Waals surface area contributed by atoms with E-state index < -0.39 is 28.5 Å². The van der Waals surface area contributed by atoms with E-state index in [1.807, 2.05) is 0 Å². The summed E-state index contributed by atoms with van der Waals surface area (Å²) in [7, 11) is 0. The molecular weight excluding hydrogens is 286 g/mol. The number of carboxylic acid groups (broad SMARTS) is 1. The predicted molar refractivity (Wildman–Crippen MR) is 75.8 cm³/mol. The Labute approximate surface area is 118 Å². The van der Waals surface area contributed by atoms with Crippen molar-refractivity contribution in [1.29, 1.82) is 0 Å². The Balaban J connectivity index is 3.35. The first-order chi connectivity index (χ1) is 8.93. The van der Waals surface area contributed by atoms with Gasteiger partial charge in [0.1, 0.15) is 5.25 Å². The van der Waals surface area contributed by atoms with Crippen LogP contribution in [-0.4, -0.2) is 35.4 Å². The maximum Gasteiger partial charge on any atom is 0.319 e. The van der Waals surface area contributed by atoms with Gasteiger partial charge in [0, 0.05) is 16.2 Å². The van der Waals surface area contributed by atoms with Gasteiger partial charge >= 0.3 is 5.97 Å². The van der Waals surface area contributed by atoms with E-state index in [-0.39, 0.29) is 0 Å². The Bertz CT molecular complexity index is 484. The second kappa shape index (κ2) is 6.74. The number of hydrogen-bond acceptors (Lipinski definition) is 4. The molecule has 1 rings (SSSR count). The molecule has 19 heavy (non-hydrogen) atoms. The highest BCUT2D eigenvalue weighted by atomic mass is 32.2. The molecule has 1 heterocycles. The van der Waals surface area contributed by atoms with E-state index in [4.69, 9.17) is 5.11 Å². The van der Waals surface area contributed by atoms with Crippen molar-refractivity contribution in [3.05, 3.63) is 48.1 Å². The number of allylic oxidation sites excluding steroid dienone is 4. The molecule has 0 amide bonds. The van der Waals surface area contributed by atoms with Crippen LogP contribution in [0.15, 0.2) is 48.1 Å². The molecule has 5 nitrogen and oxygen atoms in total. The Morgan fingerprint density at radius 3 is 2.47 bits per heavy atom. The molecule has 0 spiro atoms. The van der Waals surface area contributed by atoms with Gasteiger partial charge in [-0.05, 0) is 19.1 Å². The van der Waals surface area contributed by atoms with E-state index in [1.165, 1.54) is 18.2 Å². The van der Waals surface area contributed by atoms with Gasteiger partial charge < -0.3 is 9.66 Å². The van der Waals surface area contributed by atoms with Gasteiger partial charge in [-0.25, -0.2) is 0 Å². The van der Waals surface area contributed by atoms with Gasteiger partial charge in [0.2, 0.25) is 0 Å². The summed E-state index contributed by atoms with van der Waals surface area (Å²) in [6.07, 6.45) is 6.06. The van der Waals surface area contributed by atoms with E-state index >= 15 is 0 Å². The van der Waals surface area contributed by atoms with Crippen LogP contribution in [-0.2, 0) is 16.1 Å². The van der Waals surface area contributed by atoms with E-state index in [0.717, 1.165) is 16.1 Å². The Hall–Kier alpha value is -1.31. The normalized spacial score (nSPS) is 29.3. The molecule has 0 aromatic heterocycles. The number of aliphatic carboxylic acids is 1. The average Bonchev–Trinajstić information content (AvgIpc) is 2.32. The number of rotatable bonds is 4. The van der Waals surface area contributed by atoms with Crippen molar-refractivity contribution in [1.82, 2.24) is 4.31 Å². The van der Waals surface area contributed by atoms with Crippen molar-refractivity contribution in [3.8, 4) is 0 Å². The molecule has 0 aromatic rings. The van der Waals surface area contributed by atoms with Crippen LogP contribution in [0.5, 0.6) is 0 Å². The fraction of sp³-hybridized carbons (Fsp3) is 0.250. The fourth-order valence-electron chi connectivity index (χ4n) is 1.72. The lowest BCUT2D eigenvalue weighted by Gasteiger charge is -2.42. The molecule has 0 aliphatic carbocycles. The first-order valence-corrected chi connectivity index (χ1v) is 7.29. The van der Waals surface area contributed by atoms with Crippen LogP contribution in [0.2, 0.25) is 0 Å². The number of carbonyl (C=O) groups is 1. The van der Waals surface area contributed by atoms with Crippen molar-refractivity contribution in [2.24, 2.45) is 0 Å². The van der Waals surface area contributed by atoms with Gasteiger partial charge in [-0.3, -0.25) is 13.3 Å². The summed E-state index contributed by atoms with van der Waals surface area (Å²) in [5, 5.41) is 8.30. The van der Waals surface area contributed by atoms with Crippen molar-refractivity contribution >= 4 is 29.0 Å². The van der Waals surface area contributed by atoms with Crippen molar-refractivity contribution in [2.45, 2.75) is 18.2 Å². The summed E-state index contributed by atoms with van der Waals surface area (Å²) in [6, 6.07) is -0.686. The molecule has 1 fully saturated rings. The van der Waals surface area contributed by atoms with E-state index in [9.17, 15) is 13.6 Å². The quantitative estimate of drug-likeness (QED) is 0.801. The minimum atomic E-state index is -2.56. The molecule has 0 radical (unpaired) electrons. The van der Waals surface area contributed by atoms with Gasteiger partial charge in [0.25, 0.3) is 0 Å². The maximum absolute atomic E-state index is 11.4. The Kier molecular flexibility index (Phi) is 5.59. The summed E-state index contributed by atoms with van der Waals surface area (Å²) < 4.78 is 23.8. The maximum atomic E-state index is 11.4. The molecule has 1 aliphatic heterocycles. The number of thioether (sulfide) groups is 1. The zero-order chi connectivity index (χ0) is 14.6. The summed E-state index contributed by atoms with van der Waals surface area (Å²) in [6.45, 7) is 8.64. The van der Waals surface area contributed by atoms with Gasteiger partial charge in [-0.15, -0.1) is 11.8 Å². The predicted octanol–water partition coefficient (Wildman–Crippen LogP) is 1.81. The van der Waals surface area contributed by atoms with E-state index in [2.05, 4.69) is 13.2 Å². The molecule has 1 unspecified atom stereocenters. The lowest BCUT2D eigenvalue weighted by atomic mass is 10.2. The van der Waals surface area contributed by atoms with Crippen LogP contribution in [0, 0.1) is 0 Å². The summed E-state index contributed by atoms with van der Waals surface area (Å²) in [5.41, 5.74) is 0.401. The molecular formula is C12H14NO4S2-. The number of hydrogen-bond donors (Lipinski definition) is 1. The molecule has 0 aromatic carbocycles. The van der Waals surface area contributed by atoms with E-state index in [0.29, 0.717) is 10.6 Å². The van der Waals surface area contributed by atoms with Crippen molar-refractivity contribution in [2.75, 3.05) is 0 Å². The molecule has 1 aliphatic rings. The molecule has 104 valence electrons. The monoisotopic (exact) mass is 300 g/mol. The summed E-state index contributed by atoms with van der Waals surface area (Å²) in [5.74, 6) is -1.06. The lowest BCUT2D eigenvalue weighted by molar-refractivity contribution is -0.137. The lowest BCUT2D eigenvalue weighted by Crippen LogP contribution is -2.47. The smallest absolute Gasteiger partial charge is 0.319 e. The highest BCUT2D eigenvalue weighted by Gasteiger charge is 2.38. The molecule has 0 saturated carbocycles. The molecule has 3 atom stereocenters. The van der Waals surface area contributed by atoms with E-state index in [1.54, 1.807) is 13.0 Å². The molecule has 1 N–H and O–H groups in total. The van der Waals surface area contributed by atoms with Gasteiger partial charge in [0.15, 0.2) is 0 Å². The first-order valence-electron chi connectivity index (χ1n) is 5.38. The minimum absolute atomic E-state index is 0.401. The van der Waals surface area contributed by atoms with Crippen molar-refractivity contribution in [3.63, 3.8) is 0 Å². The second-order valence-corrected chi connectivity index (χ2v) is 5.73. The second-order valence-electron chi connectivity index (χ2n) is 3.71. The standard InChI is InChI=1S/C12H15NO4S2/c1-4-6-9-10(7-5-2)18-11(12(14)15)8(3)13(9)19(16)17/h4-8,11H,1-2H2,3H3,(H,14,15)(H,16,17)/p-1/b9-6+,10-7+/t8-,11-/m1/s1. The summed E-state index contributed by atoms with van der Waals surface area (Å²) >= 11 is -1.46. The third-order valence-electron chi connectivity index (χ3n) is 2.50. The Morgan fingerprint density at radius 2 is 2.05 bits per heavy atom. The zero-order valence-electron chi connectivity index (χ0n) is 10.3. The number of nitrogens with zero attached hydrogens (tertiary/aromatic N) is 1. The summed E-state index contributed by atoms with van der Waals surface area (Å²) in [4.78, 5) is 11.7. The third-order valence-corrected chi connectivity index (χ3v) is 4.80. The number of carboxylic acids is 1. The average molecular weight is 300 g/mol. The SMILES string of the molecule is C=C/C=C1/S[C@@H](C(=O)O)[C@@H](C)N(S(=O)[O-])/C1=C/C=C. The van der Waals surface area contributed by atoms with Gasteiger partial charge in [0.05, 0.1) is 11.7 Å². The van der Waals surface area contributed by atoms with Crippen LogP contribution in [0.25, 0.3) is 0 Å². The fourth-order valence-corrected chi connectivity index (χ4v) is 3.72. The van der Waals surface area contributed by atoms with Gasteiger partial charge in [-0.1, -0.05) is 25.3 Å². The third kappa shape index (κ3) is 3.37. The van der Waals surface area contributed by atoms with Crippen LogP contribution in [0.3, 0.4) is 0 Å². The topological polar surface area (TPSA) is 80.7 Å². The highest BCUT2D eigenvalue weighted by Crippen LogP contribution is 2.40.